The van der Waals surface area contributed by atoms with E-state index in [0.717, 1.165) is 0 Å². The Morgan fingerprint density at radius 3 is 2.59 bits per heavy atom. The van der Waals surface area contributed by atoms with Crippen LogP contribution in [0.4, 0.5) is 0 Å². The number of carboxylic acids is 1. The molecule has 0 heterocycles. The van der Waals surface area contributed by atoms with Crippen LogP contribution < -0.4 is 4.74 Å². The van der Waals surface area contributed by atoms with Gasteiger partial charge in [-0.2, -0.15) is 0 Å². The van der Waals surface area contributed by atoms with Crippen LogP contribution in [0, 0.1) is 0 Å². The average Bonchev–Trinajstić information content (AvgIpc) is 2.27. The van der Waals surface area contributed by atoms with Crippen molar-refractivity contribution in [1.82, 2.24) is 0 Å². The molecule has 0 aliphatic carbocycles. The van der Waals surface area contributed by atoms with Crippen molar-refractivity contribution >= 4 is 23.4 Å². The monoisotopic (exact) mass is 256 g/mol. The van der Waals surface area contributed by atoms with E-state index in [9.17, 15) is 9.59 Å². The number of Topliss-reactive ketones (excluding diaryl/α,β-unsaturated/α-hetero) is 1. The number of halogens is 1. The molecule has 0 spiro atoms. The van der Waals surface area contributed by atoms with Crippen LogP contribution in [0.3, 0.4) is 0 Å². The second kappa shape index (κ2) is 5.68. The van der Waals surface area contributed by atoms with Crippen molar-refractivity contribution < 1.29 is 19.4 Å². The molecule has 4 nitrogen and oxygen atoms in total. The second-order valence-electron chi connectivity index (χ2n) is 3.43. The van der Waals surface area contributed by atoms with Crippen LogP contribution in [0.2, 0.25) is 0 Å². The third-order valence-corrected chi connectivity index (χ3v) is 2.74. The molecule has 1 atom stereocenters. The summed E-state index contributed by atoms with van der Waals surface area (Å²) in [6.07, 6.45) is 0. The van der Waals surface area contributed by atoms with Gasteiger partial charge in [0.05, 0.1) is 6.61 Å². The van der Waals surface area contributed by atoms with Crippen LogP contribution in [0.1, 0.15) is 35.1 Å². The van der Waals surface area contributed by atoms with E-state index >= 15 is 0 Å². The first-order chi connectivity index (χ1) is 7.99. The first kappa shape index (κ1) is 13.5. The summed E-state index contributed by atoms with van der Waals surface area (Å²) in [5.41, 5.74) is 0.210. The van der Waals surface area contributed by atoms with Crippen molar-refractivity contribution in [1.29, 1.82) is 0 Å². The minimum absolute atomic E-state index is 0.0513. The van der Waals surface area contributed by atoms with Gasteiger partial charge in [-0.05, 0) is 25.5 Å². The number of benzene rings is 1. The first-order valence-electron chi connectivity index (χ1n) is 5.12. The number of aromatic carboxylic acids is 1. The highest BCUT2D eigenvalue weighted by molar-refractivity contribution is 6.31. The molecule has 92 valence electrons. The number of rotatable bonds is 5. The molecule has 0 aliphatic rings. The highest BCUT2D eigenvalue weighted by Gasteiger charge is 2.23. The van der Waals surface area contributed by atoms with Gasteiger partial charge in [-0.3, -0.25) is 4.79 Å². The van der Waals surface area contributed by atoms with Gasteiger partial charge in [0.25, 0.3) is 0 Å². The van der Waals surface area contributed by atoms with E-state index in [1.54, 1.807) is 19.1 Å². The van der Waals surface area contributed by atoms with E-state index in [-0.39, 0.29) is 22.7 Å². The predicted molar refractivity (Wildman–Crippen MR) is 63.8 cm³/mol. The SMILES string of the molecule is CCOc1cccc(C(Cl)C(C)=O)c1C(=O)O. The summed E-state index contributed by atoms with van der Waals surface area (Å²) in [7, 11) is 0. The number of ether oxygens (including phenoxy) is 1. The highest BCUT2D eigenvalue weighted by Crippen LogP contribution is 2.31. The van der Waals surface area contributed by atoms with E-state index in [1.165, 1.54) is 13.0 Å². The first-order valence-corrected chi connectivity index (χ1v) is 5.56. The van der Waals surface area contributed by atoms with E-state index < -0.39 is 11.3 Å². The molecule has 0 aromatic heterocycles. The fourth-order valence-corrected chi connectivity index (χ4v) is 1.66. The Hall–Kier alpha value is -1.55. The van der Waals surface area contributed by atoms with Gasteiger partial charge in [-0.25, -0.2) is 4.79 Å². The number of ketones is 1. The lowest BCUT2D eigenvalue weighted by molar-refractivity contribution is -0.116. The molecule has 5 heteroatoms. The van der Waals surface area contributed by atoms with Gasteiger partial charge in [0.15, 0.2) is 5.78 Å². The topological polar surface area (TPSA) is 63.6 Å². The molecule has 17 heavy (non-hydrogen) atoms. The maximum absolute atomic E-state index is 11.2. The Labute approximate surface area is 104 Å². The average molecular weight is 257 g/mol. The van der Waals surface area contributed by atoms with Crippen LogP contribution >= 0.6 is 11.6 Å². The van der Waals surface area contributed by atoms with Gasteiger partial charge in [0.1, 0.15) is 16.7 Å². The van der Waals surface area contributed by atoms with Crippen LogP contribution in [-0.4, -0.2) is 23.5 Å². The zero-order valence-corrected chi connectivity index (χ0v) is 10.3. The quantitative estimate of drug-likeness (QED) is 0.823. The Morgan fingerprint density at radius 2 is 2.12 bits per heavy atom. The molecule has 0 aliphatic heterocycles. The molecule has 0 amide bonds. The molecule has 0 radical (unpaired) electrons. The van der Waals surface area contributed by atoms with Crippen LogP contribution in [-0.2, 0) is 4.79 Å². The summed E-state index contributed by atoms with van der Waals surface area (Å²) in [5.74, 6) is -1.23. The van der Waals surface area contributed by atoms with Gasteiger partial charge >= 0.3 is 5.97 Å². The summed E-state index contributed by atoms with van der Waals surface area (Å²) >= 11 is 5.89. The molecule has 1 aromatic rings. The number of alkyl halides is 1. The number of carbonyl (C=O) groups is 2. The Kier molecular flexibility index (Phi) is 4.52. The molecule has 1 rings (SSSR count). The van der Waals surface area contributed by atoms with E-state index in [4.69, 9.17) is 21.4 Å². The summed E-state index contributed by atoms with van der Waals surface area (Å²) in [4.78, 5) is 22.4. The Balaban J connectivity index is 3.34. The molecule has 0 bridgehead atoms. The van der Waals surface area contributed by atoms with Crippen molar-refractivity contribution in [2.75, 3.05) is 6.61 Å². The van der Waals surface area contributed by atoms with Crippen molar-refractivity contribution in [3.05, 3.63) is 29.3 Å². The molecule has 0 saturated heterocycles. The zero-order valence-electron chi connectivity index (χ0n) is 9.57. The van der Waals surface area contributed by atoms with Crippen molar-refractivity contribution in [3.63, 3.8) is 0 Å². The van der Waals surface area contributed by atoms with Gasteiger partial charge < -0.3 is 9.84 Å². The number of hydrogen-bond acceptors (Lipinski definition) is 3. The Bertz CT molecular complexity index is 442. The minimum atomic E-state index is -1.16. The van der Waals surface area contributed by atoms with Gasteiger partial charge in [0.2, 0.25) is 0 Å². The van der Waals surface area contributed by atoms with Gasteiger partial charge in [-0.1, -0.05) is 12.1 Å². The molecular formula is C12H13ClO4. The number of hydrogen-bond donors (Lipinski definition) is 1. The van der Waals surface area contributed by atoms with Crippen LogP contribution in [0.5, 0.6) is 5.75 Å². The zero-order chi connectivity index (χ0) is 13.0. The molecule has 0 fully saturated rings. The van der Waals surface area contributed by atoms with Crippen LogP contribution in [0.15, 0.2) is 18.2 Å². The normalized spacial score (nSPS) is 11.9. The van der Waals surface area contributed by atoms with Crippen molar-refractivity contribution in [2.45, 2.75) is 19.2 Å². The van der Waals surface area contributed by atoms with Crippen molar-refractivity contribution in [3.8, 4) is 5.75 Å². The minimum Gasteiger partial charge on any atom is -0.493 e. The fourth-order valence-electron chi connectivity index (χ4n) is 1.48. The molecule has 1 N–H and O–H groups in total. The highest BCUT2D eigenvalue weighted by atomic mass is 35.5. The van der Waals surface area contributed by atoms with E-state index in [1.807, 2.05) is 0 Å². The third kappa shape index (κ3) is 2.97. The largest absolute Gasteiger partial charge is 0.493 e. The molecule has 1 aromatic carbocycles. The van der Waals surface area contributed by atoms with Crippen LogP contribution in [0.25, 0.3) is 0 Å². The van der Waals surface area contributed by atoms with Gasteiger partial charge in [0, 0.05) is 0 Å². The number of carbonyl (C=O) groups excluding carboxylic acids is 1. The lowest BCUT2D eigenvalue weighted by atomic mass is 10.0. The molecular weight excluding hydrogens is 244 g/mol. The molecule has 1 unspecified atom stereocenters. The second-order valence-corrected chi connectivity index (χ2v) is 3.87. The summed E-state index contributed by atoms with van der Waals surface area (Å²) in [6, 6.07) is 4.68. The maximum Gasteiger partial charge on any atom is 0.339 e. The third-order valence-electron chi connectivity index (χ3n) is 2.20. The summed E-state index contributed by atoms with van der Waals surface area (Å²) in [5, 5.41) is 8.18. The maximum atomic E-state index is 11.2. The smallest absolute Gasteiger partial charge is 0.339 e. The van der Waals surface area contributed by atoms with E-state index in [0.29, 0.717) is 6.61 Å². The standard InChI is InChI=1S/C12H13ClO4/c1-3-17-9-6-4-5-8(10(9)12(15)16)11(13)7(2)14/h4-6,11H,3H2,1-2H3,(H,15,16). The van der Waals surface area contributed by atoms with E-state index in [2.05, 4.69) is 0 Å². The lowest BCUT2D eigenvalue weighted by Crippen LogP contribution is -2.11. The summed E-state index contributed by atoms with van der Waals surface area (Å²) in [6.45, 7) is 3.41. The fraction of sp³-hybridized carbons (Fsp3) is 0.333. The Morgan fingerprint density at radius 1 is 1.47 bits per heavy atom. The lowest BCUT2D eigenvalue weighted by Gasteiger charge is -2.13. The predicted octanol–water partition coefficient (Wildman–Crippen LogP) is 2.65. The van der Waals surface area contributed by atoms with Gasteiger partial charge in [-0.15, -0.1) is 11.6 Å². The van der Waals surface area contributed by atoms with Crippen molar-refractivity contribution in [2.24, 2.45) is 0 Å². The molecule has 0 saturated carbocycles. The number of carboxylic acid groups (broad SMARTS) is 1. The summed E-state index contributed by atoms with van der Waals surface area (Å²) < 4.78 is 5.22.